The molecule has 0 bridgehead atoms. The maximum absolute atomic E-state index is 9.02. The molecule has 82 valence electrons. The Morgan fingerprint density at radius 1 is 1.50 bits per heavy atom. The molecule has 0 amide bonds. The summed E-state index contributed by atoms with van der Waals surface area (Å²) in [6.45, 7) is 3.91. The van der Waals surface area contributed by atoms with E-state index in [1.54, 1.807) is 18.0 Å². The maximum atomic E-state index is 9.02. The Hall–Kier alpha value is -1.25. The molecule has 0 aliphatic carbocycles. The predicted molar refractivity (Wildman–Crippen MR) is 65.8 cm³/mol. The number of nitrogens with zero attached hydrogens (tertiary/aromatic N) is 2. The first-order valence-electron chi connectivity index (χ1n) is 4.68. The normalized spacial score (nSPS) is 10.4. The lowest BCUT2D eigenvalue weighted by atomic mass is 10.1. The van der Waals surface area contributed by atoms with Crippen LogP contribution >= 0.6 is 23.1 Å². The van der Waals surface area contributed by atoms with Crippen LogP contribution in [0.25, 0.3) is 11.3 Å². The third kappa shape index (κ3) is 1.64. The van der Waals surface area contributed by atoms with E-state index in [0.29, 0.717) is 0 Å². The largest absolute Gasteiger partial charge is 0.356 e. The highest BCUT2D eigenvalue weighted by atomic mass is 32.2. The van der Waals surface area contributed by atoms with Gasteiger partial charge in [0.15, 0.2) is 5.76 Å². The second-order valence-corrected chi connectivity index (χ2v) is 5.47. The van der Waals surface area contributed by atoms with Crippen molar-refractivity contribution in [3.63, 3.8) is 0 Å². The molecular formula is C11H10N2OS2. The van der Waals surface area contributed by atoms with Crippen LogP contribution in [-0.2, 0) is 0 Å². The van der Waals surface area contributed by atoms with Crippen molar-refractivity contribution in [2.24, 2.45) is 0 Å². The summed E-state index contributed by atoms with van der Waals surface area (Å²) in [6, 6.07) is 2.21. The number of aromatic nitrogens is 1. The van der Waals surface area contributed by atoms with Crippen molar-refractivity contribution in [3.05, 3.63) is 22.2 Å². The van der Waals surface area contributed by atoms with E-state index in [-0.39, 0.29) is 0 Å². The van der Waals surface area contributed by atoms with Crippen LogP contribution in [0.3, 0.4) is 0 Å². The molecule has 2 heterocycles. The van der Waals surface area contributed by atoms with E-state index in [1.165, 1.54) is 11.3 Å². The number of hydrogen-bond acceptors (Lipinski definition) is 5. The van der Waals surface area contributed by atoms with Crippen LogP contribution in [0.2, 0.25) is 0 Å². The first kappa shape index (κ1) is 11.2. The van der Waals surface area contributed by atoms with Crippen molar-refractivity contribution in [2.45, 2.75) is 18.1 Å². The summed E-state index contributed by atoms with van der Waals surface area (Å²) in [5.41, 5.74) is 3.00. The van der Waals surface area contributed by atoms with Gasteiger partial charge in [0.25, 0.3) is 0 Å². The summed E-state index contributed by atoms with van der Waals surface area (Å²) in [7, 11) is 0. The molecule has 2 rings (SSSR count). The second kappa shape index (κ2) is 4.32. The molecule has 0 aromatic carbocycles. The highest BCUT2D eigenvalue weighted by molar-refractivity contribution is 8.00. The van der Waals surface area contributed by atoms with Crippen LogP contribution in [0.15, 0.2) is 14.9 Å². The number of aryl methyl sites for hydroxylation is 1. The van der Waals surface area contributed by atoms with Crippen LogP contribution in [0.1, 0.15) is 16.0 Å². The van der Waals surface area contributed by atoms with Gasteiger partial charge in [-0.05, 0) is 25.7 Å². The minimum atomic E-state index is 0.746. The lowest BCUT2D eigenvalue weighted by molar-refractivity contribution is 0.431. The van der Waals surface area contributed by atoms with Gasteiger partial charge in [-0.15, -0.1) is 23.1 Å². The van der Waals surface area contributed by atoms with E-state index in [2.05, 4.69) is 11.2 Å². The Balaban J connectivity index is 2.69. The molecule has 3 nitrogen and oxygen atoms in total. The Labute approximate surface area is 102 Å². The van der Waals surface area contributed by atoms with E-state index in [9.17, 15) is 0 Å². The van der Waals surface area contributed by atoms with Gasteiger partial charge in [-0.1, -0.05) is 5.16 Å². The summed E-state index contributed by atoms with van der Waals surface area (Å²) in [5.74, 6) is 0.777. The van der Waals surface area contributed by atoms with Gasteiger partial charge in [-0.3, -0.25) is 0 Å². The molecule has 0 aliphatic heterocycles. The molecule has 16 heavy (non-hydrogen) atoms. The van der Waals surface area contributed by atoms with Crippen LogP contribution in [0.4, 0.5) is 0 Å². The summed E-state index contributed by atoms with van der Waals surface area (Å²) < 4.78 is 6.37. The Morgan fingerprint density at radius 3 is 2.75 bits per heavy atom. The van der Waals surface area contributed by atoms with E-state index < -0.39 is 0 Å². The quantitative estimate of drug-likeness (QED) is 0.764. The van der Waals surface area contributed by atoms with Gasteiger partial charge in [0.05, 0.1) is 10.4 Å². The number of thiophene rings is 1. The van der Waals surface area contributed by atoms with Crippen LogP contribution in [0, 0.1) is 25.2 Å². The Bertz CT molecular complexity index is 563. The molecule has 2 aromatic heterocycles. The standard InChI is InChI=1S/C11H10N2OS2/c1-6-5-13-14-10(6)9-7(2)8(4-12)16-11(9)15-3/h5H,1-3H3. The first-order valence-corrected chi connectivity index (χ1v) is 6.72. The zero-order valence-electron chi connectivity index (χ0n) is 9.20. The van der Waals surface area contributed by atoms with E-state index >= 15 is 0 Å². The van der Waals surface area contributed by atoms with Gasteiger partial charge in [-0.25, -0.2) is 0 Å². The highest BCUT2D eigenvalue weighted by Gasteiger charge is 2.20. The van der Waals surface area contributed by atoms with Crippen molar-refractivity contribution in [2.75, 3.05) is 6.26 Å². The number of nitriles is 1. The smallest absolute Gasteiger partial charge is 0.172 e. The minimum absolute atomic E-state index is 0.746. The van der Waals surface area contributed by atoms with E-state index in [1.807, 2.05) is 20.1 Å². The average Bonchev–Trinajstić information content (AvgIpc) is 2.82. The molecule has 0 N–H and O–H groups in total. The van der Waals surface area contributed by atoms with Crippen molar-refractivity contribution in [1.29, 1.82) is 5.26 Å². The maximum Gasteiger partial charge on any atom is 0.172 e. The predicted octanol–water partition coefficient (Wildman–Crippen LogP) is 3.61. The zero-order valence-corrected chi connectivity index (χ0v) is 10.8. The van der Waals surface area contributed by atoms with Gasteiger partial charge in [0.1, 0.15) is 10.9 Å². The van der Waals surface area contributed by atoms with E-state index in [4.69, 9.17) is 9.78 Å². The molecule has 2 aromatic rings. The van der Waals surface area contributed by atoms with Gasteiger partial charge in [0, 0.05) is 11.1 Å². The van der Waals surface area contributed by atoms with Crippen molar-refractivity contribution in [3.8, 4) is 17.4 Å². The van der Waals surface area contributed by atoms with Crippen LogP contribution in [0.5, 0.6) is 0 Å². The molecule has 0 atom stereocenters. The Kier molecular flexibility index (Phi) is 3.03. The van der Waals surface area contributed by atoms with Gasteiger partial charge < -0.3 is 4.52 Å². The van der Waals surface area contributed by atoms with E-state index in [0.717, 1.165) is 31.5 Å². The topological polar surface area (TPSA) is 49.8 Å². The van der Waals surface area contributed by atoms with Gasteiger partial charge in [-0.2, -0.15) is 5.26 Å². The zero-order chi connectivity index (χ0) is 11.7. The van der Waals surface area contributed by atoms with Crippen LogP contribution < -0.4 is 0 Å². The summed E-state index contributed by atoms with van der Waals surface area (Å²) in [5, 5.41) is 12.8. The van der Waals surface area contributed by atoms with Gasteiger partial charge in [0.2, 0.25) is 0 Å². The molecule has 0 spiro atoms. The number of thioether (sulfide) groups is 1. The van der Waals surface area contributed by atoms with Gasteiger partial charge >= 0.3 is 0 Å². The fourth-order valence-corrected chi connectivity index (χ4v) is 3.40. The van der Waals surface area contributed by atoms with Crippen molar-refractivity contribution >= 4 is 23.1 Å². The molecule has 0 saturated carbocycles. The van der Waals surface area contributed by atoms with Crippen LogP contribution in [-0.4, -0.2) is 11.4 Å². The third-order valence-corrected chi connectivity index (χ3v) is 4.69. The summed E-state index contributed by atoms with van der Waals surface area (Å²) in [4.78, 5) is 0.746. The SMILES string of the molecule is CSc1sc(C#N)c(C)c1-c1oncc1C. The molecule has 0 radical (unpaired) electrons. The van der Waals surface area contributed by atoms with Crippen molar-refractivity contribution < 1.29 is 4.52 Å². The molecule has 0 fully saturated rings. The Morgan fingerprint density at radius 2 is 2.25 bits per heavy atom. The number of rotatable bonds is 2. The lowest BCUT2D eigenvalue weighted by Gasteiger charge is -1.99. The molecule has 0 saturated heterocycles. The third-order valence-electron chi connectivity index (χ3n) is 2.38. The fraction of sp³-hybridized carbons (Fsp3) is 0.273. The lowest BCUT2D eigenvalue weighted by Crippen LogP contribution is -1.81. The molecular weight excluding hydrogens is 240 g/mol. The average molecular weight is 250 g/mol. The minimum Gasteiger partial charge on any atom is -0.356 e. The highest BCUT2D eigenvalue weighted by Crippen LogP contribution is 2.42. The monoisotopic (exact) mass is 250 g/mol. The number of hydrogen-bond donors (Lipinski definition) is 0. The second-order valence-electron chi connectivity index (χ2n) is 3.37. The molecule has 0 unspecified atom stereocenters. The summed E-state index contributed by atoms with van der Waals surface area (Å²) in [6.07, 6.45) is 3.70. The first-order chi connectivity index (χ1) is 7.69. The summed E-state index contributed by atoms with van der Waals surface area (Å²) >= 11 is 3.14. The molecule has 0 aliphatic rings. The fourth-order valence-electron chi connectivity index (χ4n) is 1.53. The molecule has 5 heteroatoms. The van der Waals surface area contributed by atoms with Crippen molar-refractivity contribution in [1.82, 2.24) is 5.16 Å².